The Morgan fingerprint density at radius 2 is 2.27 bits per heavy atom. The SMILES string of the molecule is Cc1nc(C=O)nn1-c1cccc(F)c1. The molecule has 1 aromatic carbocycles. The number of nitrogens with zero attached hydrogens (tertiary/aromatic N) is 3. The summed E-state index contributed by atoms with van der Waals surface area (Å²) in [6, 6.07) is 5.94. The van der Waals surface area contributed by atoms with Crippen LogP contribution < -0.4 is 0 Å². The number of hydrogen-bond donors (Lipinski definition) is 0. The summed E-state index contributed by atoms with van der Waals surface area (Å²) in [6.45, 7) is 1.70. The average Bonchev–Trinajstić information content (AvgIpc) is 2.60. The first-order valence-corrected chi connectivity index (χ1v) is 4.35. The van der Waals surface area contributed by atoms with Crippen molar-refractivity contribution in [2.75, 3.05) is 0 Å². The van der Waals surface area contributed by atoms with Gasteiger partial charge in [0.1, 0.15) is 11.6 Å². The van der Waals surface area contributed by atoms with Crippen molar-refractivity contribution in [3.8, 4) is 5.69 Å². The molecule has 2 rings (SSSR count). The third kappa shape index (κ3) is 1.76. The van der Waals surface area contributed by atoms with Gasteiger partial charge in [-0.1, -0.05) is 6.07 Å². The molecule has 0 bridgehead atoms. The molecule has 5 heteroatoms. The Kier molecular flexibility index (Phi) is 2.29. The molecular formula is C10H8FN3O. The second-order valence-electron chi connectivity index (χ2n) is 3.03. The molecule has 0 fully saturated rings. The maximum absolute atomic E-state index is 12.9. The molecule has 4 nitrogen and oxygen atoms in total. The zero-order valence-electron chi connectivity index (χ0n) is 8.01. The van der Waals surface area contributed by atoms with E-state index in [-0.39, 0.29) is 11.6 Å². The number of hydrogen-bond acceptors (Lipinski definition) is 3. The first-order valence-electron chi connectivity index (χ1n) is 4.35. The van der Waals surface area contributed by atoms with Gasteiger partial charge in [-0.05, 0) is 25.1 Å². The lowest BCUT2D eigenvalue weighted by molar-refractivity contribution is 0.111. The summed E-state index contributed by atoms with van der Waals surface area (Å²) in [4.78, 5) is 14.4. The Morgan fingerprint density at radius 1 is 1.47 bits per heavy atom. The third-order valence-corrected chi connectivity index (χ3v) is 1.94. The largest absolute Gasteiger partial charge is 0.294 e. The number of benzene rings is 1. The van der Waals surface area contributed by atoms with E-state index in [9.17, 15) is 9.18 Å². The van der Waals surface area contributed by atoms with E-state index in [1.54, 1.807) is 19.1 Å². The van der Waals surface area contributed by atoms with Gasteiger partial charge in [-0.3, -0.25) is 4.79 Å². The van der Waals surface area contributed by atoms with Gasteiger partial charge < -0.3 is 0 Å². The van der Waals surface area contributed by atoms with E-state index in [0.29, 0.717) is 17.8 Å². The lowest BCUT2D eigenvalue weighted by atomic mass is 10.3. The molecule has 76 valence electrons. The van der Waals surface area contributed by atoms with Gasteiger partial charge in [-0.2, -0.15) is 0 Å². The first-order chi connectivity index (χ1) is 7.20. The van der Waals surface area contributed by atoms with Crippen LogP contribution in [-0.2, 0) is 0 Å². The zero-order valence-corrected chi connectivity index (χ0v) is 8.01. The van der Waals surface area contributed by atoms with Crippen LogP contribution in [0.15, 0.2) is 24.3 Å². The maximum atomic E-state index is 12.9. The minimum atomic E-state index is -0.352. The van der Waals surface area contributed by atoms with E-state index in [0.717, 1.165) is 0 Å². The molecule has 0 aliphatic carbocycles. The van der Waals surface area contributed by atoms with Gasteiger partial charge in [0.05, 0.1) is 5.69 Å². The average molecular weight is 205 g/mol. The summed E-state index contributed by atoms with van der Waals surface area (Å²) < 4.78 is 14.4. The second-order valence-corrected chi connectivity index (χ2v) is 3.03. The maximum Gasteiger partial charge on any atom is 0.214 e. The Morgan fingerprint density at radius 3 is 2.87 bits per heavy atom. The van der Waals surface area contributed by atoms with E-state index < -0.39 is 0 Å². The van der Waals surface area contributed by atoms with Crippen molar-refractivity contribution in [3.63, 3.8) is 0 Å². The van der Waals surface area contributed by atoms with Crippen LogP contribution >= 0.6 is 0 Å². The fourth-order valence-electron chi connectivity index (χ4n) is 1.31. The van der Waals surface area contributed by atoms with Crippen LogP contribution in [0.1, 0.15) is 16.4 Å². The third-order valence-electron chi connectivity index (χ3n) is 1.94. The summed E-state index contributed by atoms with van der Waals surface area (Å²) in [5, 5.41) is 3.91. The smallest absolute Gasteiger partial charge is 0.214 e. The lowest BCUT2D eigenvalue weighted by Crippen LogP contribution is -1.99. The highest BCUT2D eigenvalue weighted by Crippen LogP contribution is 2.10. The predicted molar refractivity (Wildman–Crippen MR) is 51.4 cm³/mol. The van der Waals surface area contributed by atoms with Gasteiger partial charge in [0, 0.05) is 0 Å². The molecule has 0 amide bonds. The normalized spacial score (nSPS) is 10.3. The Labute approximate surface area is 85.4 Å². The van der Waals surface area contributed by atoms with Crippen LogP contribution in [0.2, 0.25) is 0 Å². The van der Waals surface area contributed by atoms with E-state index in [1.807, 2.05) is 0 Å². The molecule has 2 aromatic rings. The Balaban J connectivity index is 2.53. The molecule has 0 saturated carbocycles. The van der Waals surface area contributed by atoms with Crippen LogP contribution in [0.3, 0.4) is 0 Å². The topological polar surface area (TPSA) is 47.8 Å². The van der Waals surface area contributed by atoms with Crippen molar-refractivity contribution < 1.29 is 9.18 Å². The summed E-state index contributed by atoms with van der Waals surface area (Å²) >= 11 is 0. The summed E-state index contributed by atoms with van der Waals surface area (Å²) in [6.07, 6.45) is 0.558. The fraction of sp³-hybridized carbons (Fsp3) is 0.100. The molecule has 0 saturated heterocycles. The molecule has 0 N–H and O–H groups in total. The monoisotopic (exact) mass is 205 g/mol. The van der Waals surface area contributed by atoms with Crippen LogP contribution in [0.25, 0.3) is 5.69 Å². The summed E-state index contributed by atoms with van der Waals surface area (Å²) in [5.74, 6) is 0.287. The quantitative estimate of drug-likeness (QED) is 0.698. The Hall–Kier alpha value is -2.04. The first kappa shape index (κ1) is 9.51. The molecule has 1 heterocycles. The highest BCUT2D eigenvalue weighted by Gasteiger charge is 2.07. The van der Waals surface area contributed by atoms with Crippen molar-refractivity contribution >= 4 is 6.29 Å². The van der Waals surface area contributed by atoms with Crippen LogP contribution in [-0.4, -0.2) is 21.1 Å². The minimum Gasteiger partial charge on any atom is -0.294 e. The molecule has 0 spiro atoms. The number of carbonyl (C=O) groups is 1. The van der Waals surface area contributed by atoms with Gasteiger partial charge in [0.2, 0.25) is 5.82 Å². The molecule has 0 radical (unpaired) electrons. The number of aromatic nitrogens is 3. The highest BCUT2D eigenvalue weighted by atomic mass is 19.1. The van der Waals surface area contributed by atoms with Crippen molar-refractivity contribution in [2.24, 2.45) is 0 Å². The van der Waals surface area contributed by atoms with E-state index >= 15 is 0 Å². The van der Waals surface area contributed by atoms with Gasteiger partial charge in [0.15, 0.2) is 6.29 Å². The number of aryl methyl sites for hydroxylation is 1. The second kappa shape index (κ2) is 3.61. The van der Waals surface area contributed by atoms with Crippen LogP contribution in [0.4, 0.5) is 4.39 Å². The molecule has 0 aliphatic heterocycles. The highest BCUT2D eigenvalue weighted by molar-refractivity contribution is 5.68. The van der Waals surface area contributed by atoms with Crippen molar-refractivity contribution in [2.45, 2.75) is 6.92 Å². The molecule has 0 unspecified atom stereocenters. The van der Waals surface area contributed by atoms with E-state index in [1.165, 1.54) is 16.8 Å². The van der Waals surface area contributed by atoms with Crippen molar-refractivity contribution in [1.29, 1.82) is 0 Å². The number of rotatable bonds is 2. The van der Waals surface area contributed by atoms with Crippen molar-refractivity contribution in [3.05, 3.63) is 41.7 Å². The predicted octanol–water partition coefficient (Wildman–Crippen LogP) is 1.53. The van der Waals surface area contributed by atoms with Crippen LogP contribution in [0, 0.1) is 12.7 Å². The Bertz CT molecular complexity index is 507. The number of carbonyl (C=O) groups excluding carboxylic acids is 1. The van der Waals surface area contributed by atoms with Gasteiger partial charge in [-0.15, -0.1) is 5.10 Å². The van der Waals surface area contributed by atoms with Gasteiger partial charge >= 0.3 is 0 Å². The standard InChI is InChI=1S/C10H8FN3O/c1-7-12-10(6-15)13-14(7)9-4-2-3-8(11)5-9/h2-6H,1H3. The minimum absolute atomic E-state index is 0.0942. The zero-order chi connectivity index (χ0) is 10.8. The van der Waals surface area contributed by atoms with Crippen molar-refractivity contribution in [1.82, 2.24) is 14.8 Å². The molecule has 0 aliphatic rings. The van der Waals surface area contributed by atoms with E-state index in [2.05, 4.69) is 10.1 Å². The molecule has 15 heavy (non-hydrogen) atoms. The molecule has 0 atom stereocenters. The fourth-order valence-corrected chi connectivity index (χ4v) is 1.31. The van der Waals surface area contributed by atoms with Gasteiger partial charge in [-0.25, -0.2) is 14.1 Å². The number of halogens is 1. The molecular weight excluding hydrogens is 197 g/mol. The van der Waals surface area contributed by atoms with Gasteiger partial charge in [0.25, 0.3) is 0 Å². The van der Waals surface area contributed by atoms with Crippen LogP contribution in [0.5, 0.6) is 0 Å². The lowest BCUT2D eigenvalue weighted by Gasteiger charge is -2.01. The van der Waals surface area contributed by atoms with E-state index in [4.69, 9.17) is 0 Å². The number of aldehydes is 1. The molecule has 1 aromatic heterocycles. The summed E-state index contributed by atoms with van der Waals surface area (Å²) in [5.41, 5.74) is 0.549. The summed E-state index contributed by atoms with van der Waals surface area (Å²) in [7, 11) is 0.